The highest BCUT2D eigenvalue weighted by Crippen LogP contribution is 2.24. The van der Waals surface area contributed by atoms with E-state index in [1.165, 1.54) is 24.5 Å². The van der Waals surface area contributed by atoms with Gasteiger partial charge in [0.1, 0.15) is 24.6 Å². The fraction of sp³-hybridized carbons (Fsp3) is 0.0667. The number of aromatic nitrogens is 2. The molecule has 0 unspecified atom stereocenters. The molecular weight excluding hydrogens is 262 g/mol. The number of nitrogens with zero attached hydrogens (tertiary/aromatic N) is 2. The van der Waals surface area contributed by atoms with Crippen LogP contribution in [0.1, 0.15) is 5.56 Å². The van der Waals surface area contributed by atoms with E-state index < -0.39 is 5.82 Å². The van der Waals surface area contributed by atoms with Crippen molar-refractivity contribution in [3.8, 4) is 5.88 Å². The average Bonchev–Trinajstić information content (AvgIpc) is 2.47. The number of fused-ring (bicyclic) bond motifs is 1. The SMILES string of the molecule is Fc1ccc(COc2ncnc3cccc(F)c23)cc1. The van der Waals surface area contributed by atoms with Crippen LogP contribution in [0.5, 0.6) is 5.88 Å². The summed E-state index contributed by atoms with van der Waals surface area (Å²) in [6.45, 7) is 0.181. The van der Waals surface area contributed by atoms with Gasteiger partial charge in [-0.3, -0.25) is 0 Å². The fourth-order valence-electron chi connectivity index (χ4n) is 1.88. The molecule has 0 aliphatic carbocycles. The molecule has 0 radical (unpaired) electrons. The highest BCUT2D eigenvalue weighted by molar-refractivity contribution is 5.83. The predicted octanol–water partition coefficient (Wildman–Crippen LogP) is 3.49. The van der Waals surface area contributed by atoms with E-state index in [0.29, 0.717) is 5.52 Å². The third kappa shape index (κ3) is 2.42. The Morgan fingerprint density at radius 2 is 1.75 bits per heavy atom. The standard InChI is InChI=1S/C15H10F2N2O/c16-11-6-4-10(5-7-11)8-20-15-14-12(17)2-1-3-13(14)18-9-19-15/h1-7,9H,8H2. The molecule has 0 saturated heterocycles. The molecule has 0 saturated carbocycles. The molecular formula is C15H10F2N2O. The van der Waals surface area contributed by atoms with E-state index in [0.717, 1.165) is 5.56 Å². The second kappa shape index (κ2) is 5.21. The largest absolute Gasteiger partial charge is 0.472 e. The number of benzene rings is 2. The van der Waals surface area contributed by atoms with Crippen LogP contribution in [0.2, 0.25) is 0 Å². The number of ether oxygens (including phenoxy) is 1. The summed E-state index contributed by atoms with van der Waals surface area (Å²) in [6.07, 6.45) is 1.32. The molecule has 2 aromatic carbocycles. The van der Waals surface area contributed by atoms with Crippen LogP contribution < -0.4 is 4.74 Å². The molecule has 1 heterocycles. The zero-order valence-electron chi connectivity index (χ0n) is 10.4. The van der Waals surface area contributed by atoms with Gasteiger partial charge >= 0.3 is 0 Å². The molecule has 5 heteroatoms. The first-order chi connectivity index (χ1) is 9.74. The zero-order chi connectivity index (χ0) is 13.9. The molecule has 0 bridgehead atoms. The van der Waals surface area contributed by atoms with Gasteiger partial charge in [0.15, 0.2) is 0 Å². The minimum absolute atomic E-state index is 0.178. The van der Waals surface area contributed by atoms with Gasteiger partial charge in [-0.2, -0.15) is 0 Å². The van der Waals surface area contributed by atoms with Gasteiger partial charge in [0, 0.05) is 0 Å². The van der Waals surface area contributed by atoms with Crippen molar-refractivity contribution in [3.05, 3.63) is 66.0 Å². The lowest BCUT2D eigenvalue weighted by atomic mass is 10.2. The number of rotatable bonds is 3. The second-order valence-electron chi connectivity index (χ2n) is 4.23. The van der Waals surface area contributed by atoms with Crippen LogP contribution in [0, 0.1) is 11.6 Å². The van der Waals surface area contributed by atoms with Crippen molar-refractivity contribution < 1.29 is 13.5 Å². The van der Waals surface area contributed by atoms with Gasteiger partial charge in [0.25, 0.3) is 0 Å². The predicted molar refractivity (Wildman–Crippen MR) is 70.2 cm³/mol. The van der Waals surface area contributed by atoms with Crippen molar-refractivity contribution >= 4 is 10.9 Å². The summed E-state index contributed by atoms with van der Waals surface area (Å²) in [4.78, 5) is 7.94. The fourth-order valence-corrected chi connectivity index (χ4v) is 1.88. The summed E-state index contributed by atoms with van der Waals surface area (Å²) in [6, 6.07) is 10.5. The molecule has 0 amide bonds. The Bertz CT molecular complexity index is 739. The van der Waals surface area contributed by atoms with Gasteiger partial charge in [-0.25, -0.2) is 18.7 Å². The van der Waals surface area contributed by atoms with E-state index in [-0.39, 0.29) is 23.7 Å². The quantitative estimate of drug-likeness (QED) is 0.732. The number of halogens is 2. The Morgan fingerprint density at radius 1 is 0.950 bits per heavy atom. The molecule has 0 spiro atoms. The summed E-state index contributed by atoms with van der Waals surface area (Å²) in [7, 11) is 0. The lowest BCUT2D eigenvalue weighted by Gasteiger charge is -2.08. The lowest BCUT2D eigenvalue weighted by molar-refractivity contribution is 0.296. The third-order valence-electron chi connectivity index (χ3n) is 2.87. The van der Waals surface area contributed by atoms with Crippen LogP contribution in [-0.4, -0.2) is 9.97 Å². The van der Waals surface area contributed by atoms with Crippen LogP contribution in [0.4, 0.5) is 8.78 Å². The van der Waals surface area contributed by atoms with E-state index in [4.69, 9.17) is 4.74 Å². The molecule has 0 N–H and O–H groups in total. The summed E-state index contributed by atoms with van der Waals surface area (Å²) in [5.41, 5.74) is 1.25. The lowest BCUT2D eigenvalue weighted by Crippen LogP contribution is -1.99. The Kier molecular flexibility index (Phi) is 3.25. The first-order valence-electron chi connectivity index (χ1n) is 6.00. The molecule has 3 aromatic rings. The van der Waals surface area contributed by atoms with Gasteiger partial charge in [-0.1, -0.05) is 18.2 Å². The summed E-state index contributed by atoms with van der Waals surface area (Å²) >= 11 is 0. The Balaban J connectivity index is 1.89. The minimum atomic E-state index is -0.433. The van der Waals surface area contributed by atoms with Gasteiger partial charge in [-0.15, -0.1) is 0 Å². The van der Waals surface area contributed by atoms with Crippen molar-refractivity contribution in [1.82, 2.24) is 9.97 Å². The first-order valence-corrected chi connectivity index (χ1v) is 6.00. The van der Waals surface area contributed by atoms with E-state index in [1.807, 2.05) is 0 Å². The highest BCUT2D eigenvalue weighted by Gasteiger charge is 2.09. The van der Waals surface area contributed by atoms with E-state index in [2.05, 4.69) is 9.97 Å². The maximum Gasteiger partial charge on any atom is 0.227 e. The maximum absolute atomic E-state index is 13.8. The van der Waals surface area contributed by atoms with Crippen LogP contribution in [0.3, 0.4) is 0 Å². The number of hydrogen-bond donors (Lipinski definition) is 0. The van der Waals surface area contributed by atoms with Crippen molar-refractivity contribution in [2.24, 2.45) is 0 Å². The maximum atomic E-state index is 13.8. The Hall–Kier alpha value is -2.56. The van der Waals surface area contributed by atoms with Crippen molar-refractivity contribution in [2.75, 3.05) is 0 Å². The highest BCUT2D eigenvalue weighted by atomic mass is 19.1. The van der Waals surface area contributed by atoms with E-state index in [9.17, 15) is 8.78 Å². The molecule has 3 rings (SSSR count). The van der Waals surface area contributed by atoms with Crippen LogP contribution in [0.25, 0.3) is 10.9 Å². The van der Waals surface area contributed by atoms with Gasteiger partial charge in [0.05, 0.1) is 10.9 Å². The topological polar surface area (TPSA) is 35.0 Å². The first kappa shape index (κ1) is 12.5. The molecule has 0 fully saturated rings. The van der Waals surface area contributed by atoms with Crippen molar-refractivity contribution in [2.45, 2.75) is 6.61 Å². The van der Waals surface area contributed by atoms with Crippen LogP contribution in [-0.2, 0) is 6.61 Å². The van der Waals surface area contributed by atoms with Crippen molar-refractivity contribution in [1.29, 1.82) is 0 Å². The molecule has 20 heavy (non-hydrogen) atoms. The molecule has 0 atom stereocenters. The normalized spacial score (nSPS) is 10.7. The Labute approximate surface area is 113 Å². The number of hydrogen-bond acceptors (Lipinski definition) is 3. The molecule has 1 aromatic heterocycles. The van der Waals surface area contributed by atoms with Gasteiger partial charge in [0.2, 0.25) is 5.88 Å². The summed E-state index contributed by atoms with van der Waals surface area (Å²) in [5, 5.41) is 0.247. The average molecular weight is 272 g/mol. The third-order valence-corrected chi connectivity index (χ3v) is 2.87. The second-order valence-corrected chi connectivity index (χ2v) is 4.23. The van der Waals surface area contributed by atoms with Gasteiger partial charge < -0.3 is 4.74 Å². The van der Waals surface area contributed by atoms with Crippen molar-refractivity contribution in [3.63, 3.8) is 0 Å². The molecule has 100 valence electrons. The van der Waals surface area contributed by atoms with Crippen LogP contribution >= 0.6 is 0 Å². The Morgan fingerprint density at radius 3 is 2.55 bits per heavy atom. The minimum Gasteiger partial charge on any atom is -0.472 e. The monoisotopic (exact) mass is 272 g/mol. The molecule has 3 nitrogen and oxygen atoms in total. The smallest absolute Gasteiger partial charge is 0.227 e. The van der Waals surface area contributed by atoms with Crippen LogP contribution in [0.15, 0.2) is 48.8 Å². The molecule has 0 aliphatic rings. The van der Waals surface area contributed by atoms with E-state index >= 15 is 0 Å². The molecule has 0 aliphatic heterocycles. The zero-order valence-corrected chi connectivity index (χ0v) is 10.4. The van der Waals surface area contributed by atoms with Gasteiger partial charge in [-0.05, 0) is 29.8 Å². The summed E-state index contributed by atoms with van der Waals surface area (Å²) < 4.78 is 32.1. The van der Waals surface area contributed by atoms with E-state index in [1.54, 1.807) is 24.3 Å². The summed E-state index contributed by atoms with van der Waals surface area (Å²) in [5.74, 6) is -0.568.